The number of carbonyl (C=O) groups is 1. The van der Waals surface area contributed by atoms with Crippen molar-refractivity contribution in [1.29, 1.82) is 0 Å². The summed E-state index contributed by atoms with van der Waals surface area (Å²) < 4.78 is 6.74. The molecule has 0 unspecified atom stereocenters. The standard InChI is InChI=1S/C11H14N4O2S3/c1-3-18-10-13-14-11(20-10)19-5-4-9(16)12-8-6-7(2)17-15-8/h6H,3-5H2,1-2H3,(H,12,15,16). The predicted octanol–water partition coefficient (Wildman–Crippen LogP) is 3.07. The zero-order chi connectivity index (χ0) is 14.4. The maximum absolute atomic E-state index is 11.7. The fraction of sp³-hybridized carbons (Fsp3) is 0.455. The first kappa shape index (κ1) is 15.3. The minimum absolute atomic E-state index is 0.0847. The first-order valence-electron chi connectivity index (χ1n) is 5.99. The van der Waals surface area contributed by atoms with Gasteiger partial charge in [0, 0.05) is 18.2 Å². The van der Waals surface area contributed by atoms with Crippen LogP contribution >= 0.6 is 34.9 Å². The summed E-state index contributed by atoms with van der Waals surface area (Å²) in [5, 5.41) is 14.5. The Labute approximate surface area is 129 Å². The molecule has 6 nitrogen and oxygen atoms in total. The fourth-order valence-electron chi connectivity index (χ4n) is 1.30. The molecule has 0 aliphatic heterocycles. The summed E-state index contributed by atoms with van der Waals surface area (Å²) in [6.45, 7) is 3.86. The maximum atomic E-state index is 11.7. The first-order chi connectivity index (χ1) is 9.67. The lowest BCUT2D eigenvalue weighted by molar-refractivity contribution is -0.115. The highest BCUT2D eigenvalue weighted by Gasteiger charge is 2.08. The second-order valence-corrected chi connectivity index (χ2v) is 7.57. The summed E-state index contributed by atoms with van der Waals surface area (Å²) in [6, 6.07) is 1.68. The molecule has 1 N–H and O–H groups in total. The van der Waals surface area contributed by atoms with Gasteiger partial charge in [-0.1, -0.05) is 46.9 Å². The zero-order valence-corrected chi connectivity index (χ0v) is 13.5. The summed E-state index contributed by atoms with van der Waals surface area (Å²) in [4.78, 5) is 11.7. The van der Waals surface area contributed by atoms with Crippen LogP contribution in [0.3, 0.4) is 0 Å². The molecule has 0 bridgehead atoms. The van der Waals surface area contributed by atoms with Crippen molar-refractivity contribution < 1.29 is 9.32 Å². The Morgan fingerprint density at radius 1 is 1.40 bits per heavy atom. The van der Waals surface area contributed by atoms with Gasteiger partial charge in [-0.15, -0.1) is 10.2 Å². The van der Waals surface area contributed by atoms with E-state index in [-0.39, 0.29) is 5.91 Å². The lowest BCUT2D eigenvalue weighted by atomic mass is 10.4. The third-order valence-corrected chi connectivity index (χ3v) is 5.18. The molecule has 0 spiro atoms. The quantitative estimate of drug-likeness (QED) is 0.781. The number of hydrogen-bond acceptors (Lipinski definition) is 8. The highest BCUT2D eigenvalue weighted by atomic mass is 32.2. The lowest BCUT2D eigenvalue weighted by Crippen LogP contribution is -2.12. The Balaban J connectivity index is 1.70. The van der Waals surface area contributed by atoms with E-state index in [2.05, 4.69) is 27.6 Å². The molecule has 0 fully saturated rings. The van der Waals surface area contributed by atoms with Gasteiger partial charge in [0.15, 0.2) is 14.5 Å². The van der Waals surface area contributed by atoms with E-state index in [1.807, 2.05) is 0 Å². The van der Waals surface area contributed by atoms with Crippen LogP contribution in [0.5, 0.6) is 0 Å². The summed E-state index contributed by atoms with van der Waals surface area (Å²) in [5.74, 6) is 2.69. The molecule has 2 aromatic heterocycles. The fourth-order valence-corrected chi connectivity index (χ4v) is 4.22. The monoisotopic (exact) mass is 330 g/mol. The van der Waals surface area contributed by atoms with Gasteiger partial charge in [0.1, 0.15) is 5.76 Å². The van der Waals surface area contributed by atoms with Gasteiger partial charge in [-0.25, -0.2) is 0 Å². The van der Waals surface area contributed by atoms with Gasteiger partial charge in [0.2, 0.25) is 5.91 Å². The normalized spacial score (nSPS) is 10.7. The van der Waals surface area contributed by atoms with E-state index in [9.17, 15) is 4.79 Å². The smallest absolute Gasteiger partial charge is 0.226 e. The average Bonchev–Trinajstić information content (AvgIpc) is 3.00. The molecule has 108 valence electrons. The largest absolute Gasteiger partial charge is 0.360 e. The van der Waals surface area contributed by atoms with Crippen LogP contribution in [0.25, 0.3) is 0 Å². The highest BCUT2D eigenvalue weighted by Crippen LogP contribution is 2.28. The van der Waals surface area contributed by atoms with Gasteiger partial charge in [0.25, 0.3) is 0 Å². The summed E-state index contributed by atoms with van der Waals surface area (Å²) in [7, 11) is 0. The minimum atomic E-state index is -0.0847. The van der Waals surface area contributed by atoms with Crippen LogP contribution in [0.2, 0.25) is 0 Å². The van der Waals surface area contributed by atoms with E-state index < -0.39 is 0 Å². The second kappa shape index (κ2) is 7.65. The number of hydrogen-bond donors (Lipinski definition) is 1. The summed E-state index contributed by atoms with van der Waals surface area (Å²) in [5.41, 5.74) is 0. The predicted molar refractivity (Wildman–Crippen MR) is 81.5 cm³/mol. The van der Waals surface area contributed by atoms with Gasteiger partial charge in [-0.3, -0.25) is 4.79 Å². The van der Waals surface area contributed by atoms with Crippen molar-refractivity contribution in [2.45, 2.75) is 28.9 Å². The molecular formula is C11H14N4O2S3. The van der Waals surface area contributed by atoms with Crippen LogP contribution in [0, 0.1) is 6.92 Å². The molecule has 0 atom stereocenters. The number of thioether (sulfide) groups is 2. The molecule has 2 aromatic rings. The van der Waals surface area contributed by atoms with Crippen molar-refractivity contribution in [2.24, 2.45) is 0 Å². The third-order valence-electron chi connectivity index (χ3n) is 2.11. The van der Waals surface area contributed by atoms with E-state index in [0.29, 0.717) is 23.8 Å². The number of nitrogens with one attached hydrogen (secondary N) is 1. The third kappa shape index (κ3) is 4.80. The molecule has 0 radical (unpaired) electrons. The topological polar surface area (TPSA) is 80.9 Å². The van der Waals surface area contributed by atoms with Crippen molar-refractivity contribution in [3.8, 4) is 0 Å². The van der Waals surface area contributed by atoms with Crippen LogP contribution in [0.15, 0.2) is 19.3 Å². The van der Waals surface area contributed by atoms with Crippen LogP contribution in [0.4, 0.5) is 5.82 Å². The number of nitrogens with zero attached hydrogens (tertiary/aromatic N) is 3. The van der Waals surface area contributed by atoms with Gasteiger partial charge < -0.3 is 9.84 Å². The van der Waals surface area contributed by atoms with Gasteiger partial charge >= 0.3 is 0 Å². The Bertz CT molecular complexity index is 570. The SMILES string of the molecule is CCSc1nnc(SCCC(=O)Nc2cc(C)on2)s1. The van der Waals surface area contributed by atoms with Gasteiger partial charge in [-0.05, 0) is 12.7 Å². The minimum Gasteiger partial charge on any atom is -0.360 e. The molecule has 0 saturated heterocycles. The van der Waals surface area contributed by atoms with E-state index in [1.165, 1.54) is 11.8 Å². The number of amides is 1. The summed E-state index contributed by atoms with van der Waals surface area (Å²) >= 11 is 4.77. The molecule has 20 heavy (non-hydrogen) atoms. The van der Waals surface area contributed by atoms with E-state index in [4.69, 9.17) is 4.52 Å². The Morgan fingerprint density at radius 2 is 2.15 bits per heavy atom. The Morgan fingerprint density at radius 3 is 2.80 bits per heavy atom. The molecule has 9 heteroatoms. The molecule has 0 aliphatic rings. The molecule has 2 heterocycles. The van der Waals surface area contributed by atoms with Crippen molar-refractivity contribution in [2.75, 3.05) is 16.8 Å². The second-order valence-electron chi connectivity index (χ2n) is 3.74. The lowest BCUT2D eigenvalue weighted by Gasteiger charge is -1.99. The van der Waals surface area contributed by atoms with Gasteiger partial charge in [-0.2, -0.15) is 0 Å². The molecule has 0 aromatic carbocycles. The first-order valence-corrected chi connectivity index (χ1v) is 8.78. The van der Waals surface area contributed by atoms with Crippen LogP contribution in [-0.4, -0.2) is 32.8 Å². The van der Waals surface area contributed by atoms with Crippen molar-refractivity contribution >= 4 is 46.6 Å². The van der Waals surface area contributed by atoms with E-state index in [1.54, 1.807) is 36.1 Å². The number of aryl methyl sites for hydroxylation is 1. The van der Waals surface area contributed by atoms with Crippen molar-refractivity contribution in [1.82, 2.24) is 15.4 Å². The highest BCUT2D eigenvalue weighted by molar-refractivity contribution is 8.03. The summed E-state index contributed by atoms with van der Waals surface area (Å²) in [6.07, 6.45) is 0.395. The number of carbonyl (C=O) groups excluding carboxylic acids is 1. The molecule has 0 aliphatic carbocycles. The molecule has 2 rings (SSSR count). The van der Waals surface area contributed by atoms with Crippen LogP contribution in [-0.2, 0) is 4.79 Å². The molecule has 1 amide bonds. The number of rotatable bonds is 7. The number of anilines is 1. The Kier molecular flexibility index (Phi) is 5.86. The zero-order valence-electron chi connectivity index (χ0n) is 11.1. The average molecular weight is 330 g/mol. The van der Waals surface area contributed by atoms with Crippen molar-refractivity contribution in [3.05, 3.63) is 11.8 Å². The van der Waals surface area contributed by atoms with Gasteiger partial charge in [0.05, 0.1) is 0 Å². The molecular weight excluding hydrogens is 316 g/mol. The van der Waals surface area contributed by atoms with E-state index >= 15 is 0 Å². The maximum Gasteiger partial charge on any atom is 0.226 e. The Hall–Kier alpha value is -1.06. The van der Waals surface area contributed by atoms with Crippen LogP contribution in [0.1, 0.15) is 19.1 Å². The number of aromatic nitrogens is 3. The van der Waals surface area contributed by atoms with E-state index in [0.717, 1.165) is 14.4 Å². The molecule has 0 saturated carbocycles. The van der Waals surface area contributed by atoms with Crippen LogP contribution < -0.4 is 5.32 Å². The van der Waals surface area contributed by atoms with Crippen molar-refractivity contribution in [3.63, 3.8) is 0 Å².